The predicted molar refractivity (Wildman–Crippen MR) is 79.8 cm³/mol. The second-order valence-electron chi connectivity index (χ2n) is 4.60. The molecule has 3 amide bonds. The third kappa shape index (κ3) is 5.71. The van der Waals surface area contributed by atoms with Gasteiger partial charge in [-0.2, -0.15) is 0 Å². The van der Waals surface area contributed by atoms with Gasteiger partial charge in [-0.3, -0.25) is 4.79 Å². The van der Waals surface area contributed by atoms with Gasteiger partial charge in [-0.1, -0.05) is 12.1 Å². The number of nitrogens with zero attached hydrogens (tertiary/aromatic N) is 1. The molecule has 1 aromatic rings. The molecule has 6 heteroatoms. The predicted octanol–water partition coefficient (Wildman–Crippen LogP) is 0.794. The standard InChI is InChI=1S/C14H22N4O2/c1-11-5-4-6-12(9-11)17-14(20)16-10-13(19)18(3)8-7-15-2/h4-6,9,15H,7-8,10H2,1-3H3,(H2,16,17,20). The molecular weight excluding hydrogens is 256 g/mol. The van der Waals surface area contributed by atoms with Gasteiger partial charge in [-0.05, 0) is 31.7 Å². The van der Waals surface area contributed by atoms with Crippen LogP contribution in [0.1, 0.15) is 5.56 Å². The number of rotatable bonds is 6. The maximum atomic E-state index is 11.7. The van der Waals surface area contributed by atoms with Crippen molar-refractivity contribution in [3.8, 4) is 0 Å². The van der Waals surface area contributed by atoms with Crippen molar-refractivity contribution in [2.45, 2.75) is 6.92 Å². The summed E-state index contributed by atoms with van der Waals surface area (Å²) in [6, 6.07) is 7.09. The Morgan fingerprint density at radius 3 is 2.70 bits per heavy atom. The maximum Gasteiger partial charge on any atom is 0.319 e. The van der Waals surface area contributed by atoms with Gasteiger partial charge in [0.1, 0.15) is 0 Å². The molecule has 0 unspecified atom stereocenters. The SMILES string of the molecule is CNCCN(C)C(=O)CNC(=O)Nc1cccc(C)c1. The fourth-order valence-corrected chi connectivity index (χ4v) is 1.59. The van der Waals surface area contributed by atoms with E-state index in [1.807, 2.05) is 32.2 Å². The fraction of sp³-hybridized carbons (Fsp3) is 0.429. The van der Waals surface area contributed by atoms with E-state index in [1.54, 1.807) is 18.0 Å². The molecule has 0 aliphatic heterocycles. The molecule has 6 nitrogen and oxygen atoms in total. The molecule has 20 heavy (non-hydrogen) atoms. The minimum Gasteiger partial charge on any atom is -0.343 e. The van der Waals surface area contributed by atoms with Crippen molar-refractivity contribution in [1.82, 2.24) is 15.5 Å². The average molecular weight is 278 g/mol. The number of nitrogens with one attached hydrogen (secondary N) is 3. The number of anilines is 1. The average Bonchev–Trinajstić information content (AvgIpc) is 2.42. The Morgan fingerprint density at radius 1 is 1.30 bits per heavy atom. The highest BCUT2D eigenvalue weighted by molar-refractivity contribution is 5.92. The molecule has 0 saturated heterocycles. The number of amides is 3. The van der Waals surface area contributed by atoms with Crippen molar-refractivity contribution >= 4 is 17.6 Å². The van der Waals surface area contributed by atoms with Crippen molar-refractivity contribution in [2.24, 2.45) is 0 Å². The van der Waals surface area contributed by atoms with Gasteiger partial charge >= 0.3 is 6.03 Å². The third-order valence-corrected chi connectivity index (χ3v) is 2.80. The van der Waals surface area contributed by atoms with E-state index in [-0.39, 0.29) is 18.5 Å². The van der Waals surface area contributed by atoms with Crippen molar-refractivity contribution < 1.29 is 9.59 Å². The quantitative estimate of drug-likeness (QED) is 0.720. The van der Waals surface area contributed by atoms with Crippen LogP contribution in [0.2, 0.25) is 0 Å². The Morgan fingerprint density at radius 2 is 2.05 bits per heavy atom. The van der Waals surface area contributed by atoms with Crippen LogP contribution in [0.3, 0.4) is 0 Å². The molecule has 1 rings (SSSR count). The van der Waals surface area contributed by atoms with Crippen LogP contribution in [0.25, 0.3) is 0 Å². The van der Waals surface area contributed by atoms with Gasteiger partial charge in [0, 0.05) is 25.8 Å². The molecule has 0 atom stereocenters. The number of benzene rings is 1. The topological polar surface area (TPSA) is 73.5 Å². The van der Waals surface area contributed by atoms with E-state index < -0.39 is 0 Å². The Kier molecular flexibility index (Phi) is 6.52. The minimum atomic E-state index is -0.383. The highest BCUT2D eigenvalue weighted by atomic mass is 16.2. The summed E-state index contributed by atoms with van der Waals surface area (Å²) < 4.78 is 0. The summed E-state index contributed by atoms with van der Waals surface area (Å²) in [6.45, 7) is 3.26. The summed E-state index contributed by atoms with van der Waals surface area (Å²) in [4.78, 5) is 24.9. The molecule has 0 saturated carbocycles. The fourth-order valence-electron chi connectivity index (χ4n) is 1.59. The van der Waals surface area contributed by atoms with Crippen molar-refractivity contribution in [1.29, 1.82) is 0 Å². The van der Waals surface area contributed by atoms with Crippen LogP contribution < -0.4 is 16.0 Å². The number of urea groups is 1. The van der Waals surface area contributed by atoms with Gasteiger partial charge in [0.15, 0.2) is 0 Å². The molecule has 110 valence electrons. The summed E-state index contributed by atoms with van der Waals surface area (Å²) in [6.07, 6.45) is 0. The highest BCUT2D eigenvalue weighted by Crippen LogP contribution is 2.08. The van der Waals surface area contributed by atoms with Gasteiger partial charge in [0.05, 0.1) is 6.54 Å². The van der Waals surface area contributed by atoms with Crippen molar-refractivity contribution in [3.05, 3.63) is 29.8 Å². The molecule has 1 aromatic carbocycles. The summed E-state index contributed by atoms with van der Waals surface area (Å²) in [5.41, 5.74) is 1.77. The number of aryl methyl sites for hydroxylation is 1. The van der Waals surface area contributed by atoms with Gasteiger partial charge in [0.2, 0.25) is 5.91 Å². The zero-order valence-electron chi connectivity index (χ0n) is 12.2. The number of hydrogen-bond donors (Lipinski definition) is 3. The Bertz CT molecular complexity index is 462. The number of carbonyl (C=O) groups excluding carboxylic acids is 2. The van der Waals surface area contributed by atoms with E-state index in [0.29, 0.717) is 12.2 Å². The van der Waals surface area contributed by atoms with Crippen molar-refractivity contribution in [3.63, 3.8) is 0 Å². The monoisotopic (exact) mass is 278 g/mol. The Balaban J connectivity index is 2.34. The van der Waals surface area contributed by atoms with Crippen LogP contribution in [0.15, 0.2) is 24.3 Å². The molecule has 0 fully saturated rings. The van der Waals surface area contributed by atoms with E-state index in [9.17, 15) is 9.59 Å². The molecule has 0 radical (unpaired) electrons. The van der Waals surface area contributed by atoms with Crippen molar-refractivity contribution in [2.75, 3.05) is 39.0 Å². The lowest BCUT2D eigenvalue weighted by molar-refractivity contribution is -0.128. The first-order valence-electron chi connectivity index (χ1n) is 6.53. The number of hydrogen-bond acceptors (Lipinski definition) is 3. The highest BCUT2D eigenvalue weighted by Gasteiger charge is 2.09. The lowest BCUT2D eigenvalue weighted by atomic mass is 10.2. The first-order valence-corrected chi connectivity index (χ1v) is 6.53. The van der Waals surface area contributed by atoms with Crippen LogP contribution in [0.4, 0.5) is 10.5 Å². The summed E-state index contributed by atoms with van der Waals surface area (Å²) >= 11 is 0. The largest absolute Gasteiger partial charge is 0.343 e. The van der Waals surface area contributed by atoms with Crippen LogP contribution >= 0.6 is 0 Å². The van der Waals surface area contributed by atoms with Crippen LogP contribution in [0, 0.1) is 6.92 Å². The smallest absolute Gasteiger partial charge is 0.319 e. The normalized spacial score (nSPS) is 9.95. The Hall–Kier alpha value is -2.08. The maximum absolute atomic E-state index is 11.7. The van der Waals surface area contributed by atoms with Gasteiger partial charge in [-0.15, -0.1) is 0 Å². The molecule has 0 bridgehead atoms. The van der Waals surface area contributed by atoms with Gasteiger partial charge in [0.25, 0.3) is 0 Å². The van der Waals surface area contributed by atoms with E-state index in [4.69, 9.17) is 0 Å². The third-order valence-electron chi connectivity index (χ3n) is 2.80. The molecule has 0 spiro atoms. The number of carbonyl (C=O) groups is 2. The van der Waals surface area contributed by atoms with E-state index in [0.717, 1.165) is 12.1 Å². The molecule has 3 N–H and O–H groups in total. The molecule has 0 heterocycles. The molecule has 0 aromatic heterocycles. The first kappa shape index (κ1) is 16.0. The van der Waals surface area contributed by atoms with E-state index in [2.05, 4.69) is 16.0 Å². The van der Waals surface area contributed by atoms with Crippen LogP contribution in [-0.2, 0) is 4.79 Å². The molecule has 0 aliphatic carbocycles. The molecule has 0 aliphatic rings. The first-order chi connectivity index (χ1) is 9.52. The zero-order chi connectivity index (χ0) is 15.0. The van der Waals surface area contributed by atoms with E-state index >= 15 is 0 Å². The second kappa shape index (κ2) is 8.16. The summed E-state index contributed by atoms with van der Waals surface area (Å²) in [7, 11) is 3.53. The Labute approximate surface area is 119 Å². The van der Waals surface area contributed by atoms with Gasteiger partial charge < -0.3 is 20.9 Å². The second-order valence-corrected chi connectivity index (χ2v) is 4.60. The lowest BCUT2D eigenvalue weighted by Gasteiger charge is -2.17. The number of likely N-dealkylation sites (N-methyl/N-ethyl adjacent to an activating group) is 2. The van der Waals surface area contributed by atoms with Crippen LogP contribution in [0.5, 0.6) is 0 Å². The zero-order valence-corrected chi connectivity index (χ0v) is 12.2. The summed E-state index contributed by atoms with van der Waals surface area (Å²) in [5, 5.41) is 8.20. The molecular formula is C14H22N4O2. The van der Waals surface area contributed by atoms with E-state index in [1.165, 1.54) is 0 Å². The summed E-state index contributed by atoms with van der Waals surface area (Å²) in [5.74, 6) is -0.125. The lowest BCUT2D eigenvalue weighted by Crippen LogP contribution is -2.41. The van der Waals surface area contributed by atoms with Crippen LogP contribution in [-0.4, -0.2) is 50.6 Å². The van der Waals surface area contributed by atoms with Gasteiger partial charge in [-0.25, -0.2) is 4.79 Å². The minimum absolute atomic E-state index is 0.0160.